The number of carboxylic acid groups (broad SMARTS) is 1. The maximum Gasteiger partial charge on any atom is 0.307 e. The Morgan fingerprint density at radius 1 is 0.867 bits per heavy atom. The van der Waals surface area contributed by atoms with Crippen LogP contribution in [0, 0.1) is 0 Å². The van der Waals surface area contributed by atoms with Crippen LogP contribution < -0.4 is 0 Å². The van der Waals surface area contributed by atoms with E-state index in [1.54, 1.807) is 0 Å². The van der Waals surface area contributed by atoms with E-state index in [2.05, 4.69) is 31.2 Å². The molecule has 5 heteroatoms. The van der Waals surface area contributed by atoms with Gasteiger partial charge in [-0.3, -0.25) is 9.59 Å². The number of ether oxygens (including phenoxy) is 1. The van der Waals surface area contributed by atoms with E-state index in [0.29, 0.717) is 17.4 Å². The van der Waals surface area contributed by atoms with Crippen molar-refractivity contribution in [3.63, 3.8) is 0 Å². The molecule has 5 nitrogen and oxygen atoms in total. The first-order chi connectivity index (χ1) is 14.2. The number of likely N-dealkylation sites (N-methyl/N-ethyl adjacent to an activating group) is 1. The zero-order valence-electron chi connectivity index (χ0n) is 19.9. The molecule has 174 valence electrons. The van der Waals surface area contributed by atoms with Gasteiger partial charge in [0.25, 0.3) is 0 Å². The highest BCUT2D eigenvalue weighted by atomic mass is 16.5. The number of hydrogen-bond acceptors (Lipinski definition) is 3. The Morgan fingerprint density at radius 3 is 2.00 bits per heavy atom. The Balaban J connectivity index is 3.71. The van der Waals surface area contributed by atoms with Gasteiger partial charge in [-0.05, 0) is 38.5 Å². The number of rotatable bonds is 19. The number of carbonyl (C=O) groups excluding carboxylic acids is 1. The van der Waals surface area contributed by atoms with Gasteiger partial charge in [0.15, 0.2) is 6.10 Å². The number of allylic oxidation sites excluding steroid dienone is 4. The number of aliphatic carboxylic acids is 1. The third kappa shape index (κ3) is 21.1. The second-order valence-corrected chi connectivity index (χ2v) is 9.16. The molecule has 0 spiro atoms. The minimum absolute atomic E-state index is 0.135. The van der Waals surface area contributed by atoms with Gasteiger partial charge in [-0.15, -0.1) is 0 Å². The van der Waals surface area contributed by atoms with Crippen LogP contribution in [-0.2, 0) is 14.3 Å². The van der Waals surface area contributed by atoms with Crippen LogP contribution >= 0.6 is 0 Å². The first-order valence-electron chi connectivity index (χ1n) is 11.8. The minimum atomic E-state index is -0.932. The molecule has 0 aromatic carbocycles. The molecule has 0 aromatic rings. The van der Waals surface area contributed by atoms with E-state index >= 15 is 0 Å². The second kappa shape index (κ2) is 18.2. The zero-order valence-corrected chi connectivity index (χ0v) is 19.9. The lowest BCUT2D eigenvalue weighted by Gasteiger charge is -2.28. The maximum atomic E-state index is 12.0. The van der Waals surface area contributed by atoms with Crippen LogP contribution in [0.15, 0.2) is 24.3 Å². The molecule has 0 aliphatic carbocycles. The van der Waals surface area contributed by atoms with Crippen molar-refractivity contribution < 1.29 is 23.9 Å². The van der Waals surface area contributed by atoms with Crippen LogP contribution in [0.1, 0.15) is 90.4 Å². The average Bonchev–Trinajstić information content (AvgIpc) is 2.63. The monoisotopic (exact) mass is 424 g/mol. The molecule has 0 aliphatic rings. The molecule has 0 aliphatic heterocycles. The van der Waals surface area contributed by atoms with Crippen molar-refractivity contribution in [3.05, 3.63) is 24.3 Å². The van der Waals surface area contributed by atoms with Crippen molar-refractivity contribution in [1.29, 1.82) is 0 Å². The van der Waals surface area contributed by atoms with Crippen LogP contribution in [0.25, 0.3) is 0 Å². The van der Waals surface area contributed by atoms with Crippen LogP contribution in [0.3, 0.4) is 0 Å². The molecule has 0 saturated carbocycles. The zero-order chi connectivity index (χ0) is 22.7. The van der Waals surface area contributed by atoms with E-state index in [1.165, 1.54) is 38.5 Å². The molecule has 0 unspecified atom stereocenters. The number of esters is 1. The Hall–Kier alpha value is -1.62. The quantitative estimate of drug-likeness (QED) is 0.121. The summed E-state index contributed by atoms with van der Waals surface area (Å²) in [6, 6.07) is 0. The smallest absolute Gasteiger partial charge is 0.307 e. The molecular weight excluding hydrogens is 378 g/mol. The van der Waals surface area contributed by atoms with Crippen LogP contribution in [0.2, 0.25) is 0 Å². The van der Waals surface area contributed by atoms with Crippen molar-refractivity contribution >= 4 is 11.9 Å². The highest BCUT2D eigenvalue weighted by molar-refractivity contribution is 5.71. The molecule has 30 heavy (non-hydrogen) atoms. The number of unbranched alkanes of at least 4 members (excludes halogenated alkanes) is 8. The molecular formula is C25H46NO4+. The molecule has 0 radical (unpaired) electrons. The van der Waals surface area contributed by atoms with Crippen molar-refractivity contribution in [2.24, 2.45) is 0 Å². The summed E-state index contributed by atoms with van der Waals surface area (Å²) < 4.78 is 5.97. The predicted molar refractivity (Wildman–Crippen MR) is 124 cm³/mol. The minimum Gasteiger partial charge on any atom is -0.481 e. The van der Waals surface area contributed by atoms with Gasteiger partial charge in [-0.1, -0.05) is 63.3 Å². The summed E-state index contributed by atoms with van der Waals surface area (Å²) in [6.45, 7) is 2.73. The van der Waals surface area contributed by atoms with Gasteiger partial charge in [-0.2, -0.15) is 0 Å². The van der Waals surface area contributed by atoms with Crippen LogP contribution in [-0.4, -0.2) is 55.3 Å². The lowest BCUT2D eigenvalue weighted by atomic mass is 10.1. The van der Waals surface area contributed by atoms with Gasteiger partial charge in [-0.25, -0.2) is 0 Å². The fraction of sp³-hybridized carbons (Fsp3) is 0.760. The molecule has 0 amide bonds. The largest absolute Gasteiger partial charge is 0.481 e. The van der Waals surface area contributed by atoms with Gasteiger partial charge in [0.05, 0.1) is 27.6 Å². The van der Waals surface area contributed by atoms with Crippen LogP contribution in [0.5, 0.6) is 0 Å². The summed E-state index contributed by atoms with van der Waals surface area (Å²) in [5, 5.41) is 9.00. The van der Waals surface area contributed by atoms with E-state index in [0.717, 1.165) is 32.1 Å². The number of quaternary nitrogens is 1. The highest BCUT2D eigenvalue weighted by Gasteiger charge is 2.24. The third-order valence-electron chi connectivity index (χ3n) is 4.78. The Morgan fingerprint density at radius 2 is 1.43 bits per heavy atom. The van der Waals surface area contributed by atoms with E-state index in [4.69, 9.17) is 9.84 Å². The molecule has 1 N–H and O–H groups in total. The standard InChI is InChI=1S/C25H45NO4/c1-5-6-7-8-9-10-11-12-13-14-15-16-17-18-19-20-25(29)30-23(21-24(27)28)22-26(2,3)4/h9-10,12-13,23H,5-8,11,14-22H2,1-4H3/p+1/b10-9-,13-12-/t23-/m0/s1. The molecule has 0 heterocycles. The van der Waals surface area contributed by atoms with Gasteiger partial charge in [0.1, 0.15) is 6.54 Å². The average molecular weight is 425 g/mol. The molecule has 0 aromatic heterocycles. The maximum absolute atomic E-state index is 12.0. The third-order valence-corrected chi connectivity index (χ3v) is 4.78. The number of carbonyl (C=O) groups is 2. The normalized spacial score (nSPS) is 13.2. The fourth-order valence-corrected chi connectivity index (χ4v) is 3.27. The topological polar surface area (TPSA) is 63.6 Å². The first kappa shape index (κ1) is 28.4. The van der Waals surface area contributed by atoms with Gasteiger partial charge < -0.3 is 14.3 Å². The Bertz CT molecular complexity index is 506. The number of carboxylic acids is 1. The summed E-state index contributed by atoms with van der Waals surface area (Å²) in [5.41, 5.74) is 0. The van der Waals surface area contributed by atoms with Gasteiger partial charge in [0, 0.05) is 6.42 Å². The van der Waals surface area contributed by atoms with Crippen molar-refractivity contribution in [3.8, 4) is 0 Å². The summed E-state index contributed by atoms with van der Waals surface area (Å²) in [5.74, 6) is -1.21. The predicted octanol–water partition coefficient (Wildman–Crippen LogP) is 5.89. The van der Waals surface area contributed by atoms with E-state index in [9.17, 15) is 9.59 Å². The number of hydrogen-bond donors (Lipinski definition) is 1. The Labute approximate surface area is 184 Å². The van der Waals surface area contributed by atoms with Crippen molar-refractivity contribution in [2.75, 3.05) is 27.7 Å². The first-order valence-corrected chi connectivity index (χ1v) is 11.8. The SMILES string of the molecule is CCCCC/C=C\C/C=C\CCCCCCCC(=O)O[C@@H](CC(=O)O)C[N+](C)(C)C. The van der Waals surface area contributed by atoms with Crippen molar-refractivity contribution in [1.82, 2.24) is 0 Å². The summed E-state index contributed by atoms with van der Waals surface area (Å²) in [4.78, 5) is 23.0. The molecule has 0 saturated heterocycles. The lowest BCUT2D eigenvalue weighted by Crippen LogP contribution is -2.43. The molecule has 0 fully saturated rings. The van der Waals surface area contributed by atoms with Gasteiger partial charge >= 0.3 is 11.9 Å². The highest BCUT2D eigenvalue weighted by Crippen LogP contribution is 2.11. The lowest BCUT2D eigenvalue weighted by molar-refractivity contribution is -0.873. The van der Waals surface area contributed by atoms with Crippen molar-refractivity contribution in [2.45, 2.75) is 96.5 Å². The summed E-state index contributed by atoms with van der Waals surface area (Å²) >= 11 is 0. The fourth-order valence-electron chi connectivity index (χ4n) is 3.27. The van der Waals surface area contributed by atoms with E-state index < -0.39 is 12.1 Å². The number of nitrogens with zero attached hydrogens (tertiary/aromatic N) is 1. The molecule has 0 bridgehead atoms. The Kier molecular flexibility index (Phi) is 17.2. The van der Waals surface area contributed by atoms with Gasteiger partial charge in [0.2, 0.25) is 0 Å². The second-order valence-electron chi connectivity index (χ2n) is 9.16. The molecule has 1 atom stereocenters. The molecule has 0 rings (SSSR count). The van der Waals surface area contributed by atoms with Crippen LogP contribution in [0.4, 0.5) is 0 Å². The van der Waals surface area contributed by atoms with E-state index in [-0.39, 0.29) is 12.4 Å². The summed E-state index contributed by atoms with van der Waals surface area (Å²) in [6.07, 6.45) is 21.3. The summed E-state index contributed by atoms with van der Waals surface area (Å²) in [7, 11) is 5.88. The van der Waals surface area contributed by atoms with E-state index in [1.807, 2.05) is 21.1 Å².